The van der Waals surface area contributed by atoms with Gasteiger partial charge in [-0.3, -0.25) is 14.9 Å². The van der Waals surface area contributed by atoms with E-state index in [0.29, 0.717) is 17.2 Å². The maximum Gasteiger partial charge on any atom is 0.251 e. The average molecular weight is 347 g/mol. The fourth-order valence-corrected chi connectivity index (χ4v) is 2.76. The minimum Gasteiger partial charge on any atom is -0.461 e. The lowest BCUT2D eigenvalue weighted by Crippen LogP contribution is -2.27. The third-order valence-electron chi connectivity index (χ3n) is 4.08. The van der Waals surface area contributed by atoms with E-state index in [2.05, 4.69) is 25.5 Å². The molecule has 0 saturated carbocycles. The maximum absolute atomic E-state index is 12.5. The first kappa shape index (κ1) is 16.0. The third kappa shape index (κ3) is 3.06. The average Bonchev–Trinajstić information content (AvgIpc) is 3.27. The zero-order chi connectivity index (χ0) is 18.1. The Labute approximate surface area is 149 Å². The van der Waals surface area contributed by atoms with Crippen LogP contribution in [0.4, 0.5) is 0 Å². The van der Waals surface area contributed by atoms with Gasteiger partial charge in [0.05, 0.1) is 6.04 Å². The second-order valence-corrected chi connectivity index (χ2v) is 6.09. The highest BCUT2D eigenvalue weighted by atomic mass is 16.3. The van der Waals surface area contributed by atoms with Gasteiger partial charge in [0.2, 0.25) is 0 Å². The number of rotatable bonds is 4. The van der Waals surface area contributed by atoms with Crippen molar-refractivity contribution in [1.82, 2.24) is 25.5 Å². The van der Waals surface area contributed by atoms with Crippen molar-refractivity contribution in [2.24, 2.45) is 0 Å². The molecule has 0 aliphatic rings. The Balaban J connectivity index is 1.51. The number of hydrogen-bond acceptors (Lipinski definition) is 5. The molecule has 0 unspecified atom stereocenters. The van der Waals surface area contributed by atoms with Crippen molar-refractivity contribution in [2.75, 3.05) is 0 Å². The monoisotopic (exact) mass is 347 g/mol. The summed E-state index contributed by atoms with van der Waals surface area (Å²) in [6.45, 7) is 3.73. The summed E-state index contributed by atoms with van der Waals surface area (Å²) in [6.07, 6.45) is 3.39. The number of fused-ring (bicyclic) bond motifs is 1. The fourth-order valence-electron chi connectivity index (χ4n) is 2.76. The van der Waals surface area contributed by atoms with Gasteiger partial charge in [0.25, 0.3) is 5.91 Å². The van der Waals surface area contributed by atoms with Crippen LogP contribution in [0.25, 0.3) is 22.4 Å². The van der Waals surface area contributed by atoms with Crippen LogP contribution in [0.1, 0.15) is 34.9 Å². The topological polar surface area (TPSA) is 96.7 Å². The SMILES string of the molecule is Cc1cc2cc(C(=O)N[C@@H](C)c3nc(-c4cccnc4)n[nH]3)ccc2o1. The highest BCUT2D eigenvalue weighted by molar-refractivity contribution is 5.98. The van der Waals surface area contributed by atoms with Crippen molar-refractivity contribution in [1.29, 1.82) is 0 Å². The molecule has 26 heavy (non-hydrogen) atoms. The third-order valence-corrected chi connectivity index (χ3v) is 4.08. The Kier molecular flexibility index (Phi) is 3.96. The Hall–Kier alpha value is -3.48. The van der Waals surface area contributed by atoms with Gasteiger partial charge in [-0.15, -0.1) is 0 Å². The molecule has 1 atom stereocenters. The van der Waals surface area contributed by atoms with Gasteiger partial charge in [0, 0.05) is 28.9 Å². The number of nitrogens with one attached hydrogen (secondary N) is 2. The van der Waals surface area contributed by atoms with E-state index < -0.39 is 0 Å². The van der Waals surface area contributed by atoms with Crippen LogP contribution in [0.2, 0.25) is 0 Å². The van der Waals surface area contributed by atoms with Crippen LogP contribution >= 0.6 is 0 Å². The summed E-state index contributed by atoms with van der Waals surface area (Å²) in [6, 6.07) is 10.7. The fraction of sp³-hybridized carbons (Fsp3) is 0.158. The molecule has 1 amide bonds. The van der Waals surface area contributed by atoms with E-state index >= 15 is 0 Å². The largest absolute Gasteiger partial charge is 0.461 e. The first-order chi connectivity index (χ1) is 12.6. The Morgan fingerprint density at radius 3 is 2.96 bits per heavy atom. The first-order valence-corrected chi connectivity index (χ1v) is 8.24. The molecule has 7 nitrogen and oxygen atoms in total. The van der Waals surface area contributed by atoms with Gasteiger partial charge >= 0.3 is 0 Å². The summed E-state index contributed by atoms with van der Waals surface area (Å²) in [5.74, 6) is 1.76. The molecule has 0 saturated heterocycles. The molecule has 3 heterocycles. The summed E-state index contributed by atoms with van der Waals surface area (Å²) in [5, 5.41) is 10.9. The van der Waals surface area contributed by atoms with E-state index in [1.54, 1.807) is 24.5 Å². The van der Waals surface area contributed by atoms with Crippen LogP contribution in [-0.4, -0.2) is 26.1 Å². The number of aryl methyl sites for hydroxylation is 1. The number of furan rings is 1. The molecule has 7 heteroatoms. The number of nitrogens with zero attached hydrogens (tertiary/aromatic N) is 3. The summed E-state index contributed by atoms with van der Waals surface area (Å²) in [5.41, 5.74) is 2.15. The lowest BCUT2D eigenvalue weighted by atomic mass is 10.1. The van der Waals surface area contributed by atoms with E-state index in [-0.39, 0.29) is 11.9 Å². The minimum atomic E-state index is -0.317. The summed E-state index contributed by atoms with van der Waals surface area (Å²) >= 11 is 0. The van der Waals surface area contributed by atoms with E-state index in [4.69, 9.17) is 4.42 Å². The molecule has 1 aromatic carbocycles. The quantitative estimate of drug-likeness (QED) is 0.590. The molecule has 0 radical (unpaired) electrons. The van der Waals surface area contributed by atoms with Gasteiger partial charge < -0.3 is 9.73 Å². The highest BCUT2D eigenvalue weighted by Gasteiger charge is 2.16. The summed E-state index contributed by atoms with van der Waals surface area (Å²) in [7, 11) is 0. The molecule has 3 aromatic heterocycles. The lowest BCUT2D eigenvalue weighted by Gasteiger charge is -2.11. The van der Waals surface area contributed by atoms with Gasteiger partial charge in [-0.05, 0) is 50.2 Å². The van der Waals surface area contributed by atoms with Crippen LogP contribution in [0, 0.1) is 6.92 Å². The van der Waals surface area contributed by atoms with Crippen LogP contribution in [0.3, 0.4) is 0 Å². The van der Waals surface area contributed by atoms with E-state index in [9.17, 15) is 4.79 Å². The van der Waals surface area contributed by atoms with Crippen molar-refractivity contribution < 1.29 is 9.21 Å². The molecule has 0 aliphatic carbocycles. The van der Waals surface area contributed by atoms with Crippen molar-refractivity contribution >= 4 is 16.9 Å². The normalized spacial score (nSPS) is 12.2. The standard InChI is InChI=1S/C19H17N5O2/c1-11-8-15-9-13(5-6-16(15)26-11)19(25)21-12(2)17-22-18(24-23-17)14-4-3-7-20-10-14/h3-10,12H,1-2H3,(H,21,25)(H,22,23,24)/t12-/m0/s1. The van der Waals surface area contributed by atoms with Gasteiger partial charge in [-0.25, -0.2) is 4.98 Å². The number of aromatic nitrogens is 4. The highest BCUT2D eigenvalue weighted by Crippen LogP contribution is 2.21. The number of hydrogen-bond donors (Lipinski definition) is 2. The van der Waals surface area contributed by atoms with E-state index in [1.807, 2.05) is 38.1 Å². The van der Waals surface area contributed by atoms with Gasteiger partial charge in [-0.2, -0.15) is 5.10 Å². The predicted octanol–water partition coefficient (Wildman–Crippen LogP) is 3.41. The lowest BCUT2D eigenvalue weighted by molar-refractivity contribution is 0.0938. The molecule has 0 fully saturated rings. The second-order valence-electron chi connectivity index (χ2n) is 6.09. The Morgan fingerprint density at radius 2 is 2.15 bits per heavy atom. The molecular formula is C19H17N5O2. The van der Waals surface area contributed by atoms with Gasteiger partial charge in [-0.1, -0.05) is 0 Å². The summed E-state index contributed by atoms with van der Waals surface area (Å²) < 4.78 is 5.54. The number of carbonyl (C=O) groups is 1. The Morgan fingerprint density at radius 1 is 1.27 bits per heavy atom. The number of H-pyrrole nitrogens is 1. The number of pyridine rings is 1. The van der Waals surface area contributed by atoms with Gasteiger partial charge in [0.15, 0.2) is 5.82 Å². The molecule has 0 bridgehead atoms. The van der Waals surface area contributed by atoms with Crippen LogP contribution < -0.4 is 5.32 Å². The molecule has 4 rings (SSSR count). The number of carbonyl (C=O) groups excluding carboxylic acids is 1. The maximum atomic E-state index is 12.5. The van der Waals surface area contributed by atoms with Crippen LogP contribution in [0.15, 0.2) is 53.2 Å². The zero-order valence-corrected chi connectivity index (χ0v) is 14.4. The van der Waals surface area contributed by atoms with E-state index in [1.165, 1.54) is 0 Å². The smallest absolute Gasteiger partial charge is 0.251 e. The number of aromatic amines is 1. The number of amides is 1. The van der Waals surface area contributed by atoms with E-state index in [0.717, 1.165) is 22.3 Å². The zero-order valence-electron chi connectivity index (χ0n) is 14.4. The van der Waals surface area contributed by atoms with Crippen molar-refractivity contribution in [3.8, 4) is 11.4 Å². The van der Waals surface area contributed by atoms with Crippen molar-refractivity contribution in [3.05, 3.63) is 65.9 Å². The Bertz CT molecular complexity index is 1070. The molecule has 0 aliphatic heterocycles. The molecule has 130 valence electrons. The minimum absolute atomic E-state index is 0.183. The van der Waals surface area contributed by atoms with Crippen LogP contribution in [0.5, 0.6) is 0 Å². The first-order valence-electron chi connectivity index (χ1n) is 8.24. The van der Waals surface area contributed by atoms with Crippen molar-refractivity contribution in [2.45, 2.75) is 19.9 Å². The van der Waals surface area contributed by atoms with Crippen LogP contribution in [-0.2, 0) is 0 Å². The molecule has 4 aromatic rings. The molecule has 0 spiro atoms. The predicted molar refractivity (Wildman–Crippen MR) is 96.4 cm³/mol. The second kappa shape index (κ2) is 6.44. The molecular weight excluding hydrogens is 330 g/mol. The summed E-state index contributed by atoms with van der Waals surface area (Å²) in [4.78, 5) is 21.0. The van der Waals surface area contributed by atoms with Gasteiger partial charge in [0.1, 0.15) is 17.2 Å². The number of benzene rings is 1. The van der Waals surface area contributed by atoms with Crippen molar-refractivity contribution in [3.63, 3.8) is 0 Å². The molecule has 2 N–H and O–H groups in total.